The van der Waals surface area contributed by atoms with Crippen molar-refractivity contribution in [3.63, 3.8) is 0 Å². The Morgan fingerprint density at radius 3 is 1.33 bits per heavy atom. The lowest BCUT2D eigenvalue weighted by Crippen LogP contribution is -2.18. The number of aliphatic hydroxyl groups is 1. The van der Waals surface area contributed by atoms with Crippen LogP contribution in [0.4, 0.5) is 0 Å². The lowest BCUT2D eigenvalue weighted by molar-refractivity contribution is -0.150. The molecule has 1 unspecified atom stereocenters. The first-order chi connectivity index (χ1) is 24.1. The first-order valence-electron chi connectivity index (χ1n) is 19.0. The number of rotatable bonds is 20. The molecule has 1 atom stereocenters. The first-order valence-corrected chi connectivity index (χ1v) is 19.0. The van der Waals surface area contributed by atoms with Gasteiger partial charge in [0.05, 0.1) is 12.5 Å². The lowest BCUT2D eigenvalue weighted by atomic mass is 9.86. The number of carbonyl (C=O) groups excluding carboxylic acids is 1. The van der Waals surface area contributed by atoms with Crippen molar-refractivity contribution in [2.24, 2.45) is 5.92 Å². The van der Waals surface area contributed by atoms with E-state index >= 15 is 0 Å². The van der Waals surface area contributed by atoms with Gasteiger partial charge in [-0.1, -0.05) is 188 Å². The van der Waals surface area contributed by atoms with Crippen molar-refractivity contribution >= 4 is 27.5 Å². The van der Waals surface area contributed by atoms with Gasteiger partial charge < -0.3 is 9.84 Å². The van der Waals surface area contributed by atoms with Crippen LogP contribution in [0.2, 0.25) is 0 Å². The summed E-state index contributed by atoms with van der Waals surface area (Å²) in [5, 5.41) is 14.4. The molecule has 3 heteroatoms. The fourth-order valence-corrected chi connectivity index (χ4v) is 7.29. The van der Waals surface area contributed by atoms with E-state index in [1.54, 1.807) is 0 Å². The molecule has 5 aromatic rings. The molecule has 3 nitrogen and oxygen atoms in total. The minimum absolute atomic E-state index is 0.00706. The number of unbranched alkanes of at least 4 members (excludes halogenated alkanes) is 10. The molecule has 0 saturated carbocycles. The van der Waals surface area contributed by atoms with E-state index in [2.05, 4.69) is 98.8 Å². The van der Waals surface area contributed by atoms with Gasteiger partial charge >= 0.3 is 5.97 Å². The molecular formula is C46H56O3. The maximum atomic E-state index is 13.4. The van der Waals surface area contributed by atoms with Gasteiger partial charge in [-0.15, -0.1) is 0 Å². The second kappa shape index (κ2) is 19.3. The summed E-state index contributed by atoms with van der Waals surface area (Å²) in [5.41, 5.74) is 6.63. The summed E-state index contributed by atoms with van der Waals surface area (Å²) >= 11 is 0. The van der Waals surface area contributed by atoms with Crippen molar-refractivity contribution in [2.75, 3.05) is 0 Å². The molecule has 0 aliphatic rings. The number of esters is 1. The first kappa shape index (κ1) is 36.3. The van der Waals surface area contributed by atoms with Crippen molar-refractivity contribution in [1.82, 2.24) is 0 Å². The van der Waals surface area contributed by atoms with Crippen LogP contribution in [0, 0.1) is 5.92 Å². The Bertz CT molecular complexity index is 1680. The monoisotopic (exact) mass is 656 g/mol. The van der Waals surface area contributed by atoms with Gasteiger partial charge in [-0.2, -0.15) is 0 Å². The van der Waals surface area contributed by atoms with Crippen LogP contribution in [-0.4, -0.2) is 11.1 Å². The van der Waals surface area contributed by atoms with Crippen molar-refractivity contribution in [3.8, 4) is 22.3 Å². The molecule has 0 spiro atoms. The van der Waals surface area contributed by atoms with Gasteiger partial charge in [-0.05, 0) is 67.8 Å². The van der Waals surface area contributed by atoms with Gasteiger partial charge in [0.1, 0.15) is 6.61 Å². The summed E-state index contributed by atoms with van der Waals surface area (Å²) in [5.74, 6) is -0.0159. The van der Waals surface area contributed by atoms with E-state index in [4.69, 9.17) is 4.74 Å². The smallest absolute Gasteiger partial charge is 0.309 e. The molecule has 258 valence electrons. The highest BCUT2D eigenvalue weighted by atomic mass is 16.5. The van der Waals surface area contributed by atoms with Crippen LogP contribution in [-0.2, 0) is 22.7 Å². The zero-order valence-corrected chi connectivity index (χ0v) is 29.9. The number of aliphatic hydroxyl groups excluding tert-OH is 1. The van der Waals surface area contributed by atoms with Crippen LogP contribution in [0.25, 0.3) is 43.8 Å². The van der Waals surface area contributed by atoms with Crippen LogP contribution in [0.3, 0.4) is 0 Å². The van der Waals surface area contributed by atoms with Crippen molar-refractivity contribution in [3.05, 3.63) is 108 Å². The van der Waals surface area contributed by atoms with Crippen LogP contribution < -0.4 is 0 Å². The fraction of sp³-hybridized carbons (Fsp3) is 0.413. The normalized spacial score (nSPS) is 12.1. The fourth-order valence-electron chi connectivity index (χ4n) is 7.29. The number of ether oxygens (including phenoxy) is 1. The Morgan fingerprint density at radius 2 is 0.918 bits per heavy atom. The van der Waals surface area contributed by atoms with E-state index in [9.17, 15) is 9.90 Å². The molecule has 1 N–H and O–H groups in total. The zero-order chi connectivity index (χ0) is 34.3. The predicted octanol–water partition coefficient (Wildman–Crippen LogP) is 13.0. The molecular weight excluding hydrogens is 601 g/mol. The number of carbonyl (C=O) groups is 1. The minimum atomic E-state index is -0.0230. The topological polar surface area (TPSA) is 46.5 Å². The second-order valence-corrected chi connectivity index (χ2v) is 13.8. The molecule has 0 heterocycles. The number of hydrogen-bond acceptors (Lipinski definition) is 3. The standard InChI is InChI=1S/C46H56O3/c1-3-5-7-9-10-12-14-20-39(19-13-11-8-6-4-2)46(48)49-34-36-27-31-38(32-28-36)45-42-23-17-15-21-40(42)44(41-22-16-18-24-43(41)45)37-29-25-35(33-47)26-30-37/h15-18,21-32,39,47H,3-14,19-20,33-34H2,1-2H3. The Kier molecular flexibility index (Phi) is 14.3. The highest BCUT2D eigenvalue weighted by molar-refractivity contribution is 6.21. The molecule has 0 amide bonds. The number of hydrogen-bond donors (Lipinski definition) is 1. The molecule has 0 radical (unpaired) electrons. The summed E-state index contributed by atoms with van der Waals surface area (Å²) in [6.07, 6.45) is 16.8. The summed E-state index contributed by atoms with van der Waals surface area (Å²) in [6.45, 7) is 4.85. The predicted molar refractivity (Wildman–Crippen MR) is 208 cm³/mol. The van der Waals surface area contributed by atoms with Gasteiger partial charge in [-0.3, -0.25) is 4.79 Å². The second-order valence-electron chi connectivity index (χ2n) is 13.8. The quantitative estimate of drug-likeness (QED) is 0.0515. The lowest BCUT2D eigenvalue weighted by Gasteiger charge is -2.18. The van der Waals surface area contributed by atoms with Gasteiger partial charge in [0, 0.05) is 0 Å². The molecule has 5 aromatic carbocycles. The molecule has 49 heavy (non-hydrogen) atoms. The third-order valence-electron chi connectivity index (χ3n) is 10.1. The Hall–Kier alpha value is -3.95. The van der Waals surface area contributed by atoms with Crippen LogP contribution in [0.1, 0.15) is 115 Å². The Labute approximate surface area is 294 Å². The summed E-state index contributed by atoms with van der Waals surface area (Å²) in [4.78, 5) is 13.4. The molecule has 0 aliphatic carbocycles. The van der Waals surface area contributed by atoms with Crippen molar-refractivity contribution in [1.29, 1.82) is 0 Å². The largest absolute Gasteiger partial charge is 0.461 e. The SMILES string of the molecule is CCCCCCCCCC(CCCCCCC)C(=O)OCc1ccc(-c2c3ccccc3c(-c3ccc(CO)cc3)c3ccccc23)cc1. The minimum Gasteiger partial charge on any atom is -0.461 e. The van der Waals surface area contributed by atoms with Crippen molar-refractivity contribution < 1.29 is 14.6 Å². The van der Waals surface area contributed by atoms with E-state index < -0.39 is 0 Å². The Morgan fingerprint density at radius 1 is 0.531 bits per heavy atom. The van der Waals surface area contributed by atoms with E-state index in [1.807, 2.05) is 12.1 Å². The van der Waals surface area contributed by atoms with Crippen LogP contribution >= 0.6 is 0 Å². The van der Waals surface area contributed by atoms with Gasteiger partial charge in [-0.25, -0.2) is 0 Å². The van der Waals surface area contributed by atoms with Gasteiger partial charge in [0.15, 0.2) is 0 Å². The summed E-state index contributed by atoms with van der Waals surface area (Å²) in [6, 6.07) is 34.1. The third kappa shape index (κ3) is 9.82. The molecule has 0 bridgehead atoms. The van der Waals surface area contributed by atoms with E-state index in [-0.39, 0.29) is 18.5 Å². The van der Waals surface area contributed by atoms with Gasteiger partial charge in [0.2, 0.25) is 0 Å². The highest BCUT2D eigenvalue weighted by Crippen LogP contribution is 2.43. The average Bonchev–Trinajstić information content (AvgIpc) is 3.15. The van der Waals surface area contributed by atoms with Gasteiger partial charge in [0.25, 0.3) is 0 Å². The maximum absolute atomic E-state index is 13.4. The zero-order valence-electron chi connectivity index (χ0n) is 29.9. The Balaban J connectivity index is 1.31. The molecule has 0 aromatic heterocycles. The number of benzene rings is 5. The molecule has 0 aliphatic heterocycles. The number of fused-ring (bicyclic) bond motifs is 2. The van der Waals surface area contributed by atoms with Crippen LogP contribution in [0.5, 0.6) is 0 Å². The summed E-state index contributed by atoms with van der Waals surface area (Å²) < 4.78 is 5.99. The van der Waals surface area contributed by atoms with Crippen LogP contribution in [0.15, 0.2) is 97.1 Å². The molecule has 0 saturated heterocycles. The van der Waals surface area contributed by atoms with E-state index in [0.717, 1.165) is 47.9 Å². The third-order valence-corrected chi connectivity index (χ3v) is 10.1. The molecule has 0 fully saturated rings. The maximum Gasteiger partial charge on any atom is 0.309 e. The average molecular weight is 657 g/mol. The molecule has 5 rings (SSSR count). The van der Waals surface area contributed by atoms with Crippen molar-refractivity contribution in [2.45, 2.75) is 117 Å². The highest BCUT2D eigenvalue weighted by Gasteiger charge is 2.20. The van der Waals surface area contributed by atoms with E-state index in [1.165, 1.54) is 96.9 Å². The summed E-state index contributed by atoms with van der Waals surface area (Å²) in [7, 11) is 0. The van der Waals surface area contributed by atoms with E-state index in [0.29, 0.717) is 6.61 Å².